The quantitative estimate of drug-likeness (QED) is 0.328. The van der Waals surface area contributed by atoms with Crippen LogP contribution in [-0.4, -0.2) is 11.2 Å². The summed E-state index contributed by atoms with van der Waals surface area (Å²) in [6, 6.07) is 19.1. The molecule has 138 valence electrons. The number of hydrogen-bond donors (Lipinski definition) is 0. The average Bonchev–Trinajstić information content (AvgIpc) is 3.10. The Bertz CT molecular complexity index is 1190. The zero-order chi connectivity index (χ0) is 19.5. The number of aliphatic imine (C=N–C) groups is 1. The van der Waals surface area contributed by atoms with Gasteiger partial charge in [0, 0.05) is 21.8 Å². The molecule has 0 atom stereocenters. The Hall–Kier alpha value is -2.88. The lowest BCUT2D eigenvalue weighted by Gasteiger charge is -1.97. The van der Waals surface area contributed by atoms with Gasteiger partial charge in [0.15, 0.2) is 5.58 Å². The van der Waals surface area contributed by atoms with Gasteiger partial charge in [-0.1, -0.05) is 53.0 Å². The SMILES string of the molecule is Cc1ccc(-c2nc3cc(N=C/C=C/c4ccc(Cl)cc4Cl)ccc3o2)cc1. The fraction of sp³-hybridized carbons (Fsp3) is 0.0435. The fourth-order valence-electron chi connectivity index (χ4n) is 2.73. The lowest BCUT2D eigenvalue weighted by Crippen LogP contribution is -1.77. The third-order valence-corrected chi connectivity index (χ3v) is 4.78. The van der Waals surface area contributed by atoms with E-state index in [0.29, 0.717) is 15.9 Å². The van der Waals surface area contributed by atoms with E-state index in [-0.39, 0.29) is 0 Å². The Kier molecular flexibility index (Phi) is 5.29. The summed E-state index contributed by atoms with van der Waals surface area (Å²) < 4.78 is 5.85. The van der Waals surface area contributed by atoms with E-state index in [9.17, 15) is 0 Å². The van der Waals surface area contributed by atoms with Crippen LogP contribution in [0.3, 0.4) is 0 Å². The van der Waals surface area contributed by atoms with Crippen LogP contribution in [0.25, 0.3) is 28.6 Å². The van der Waals surface area contributed by atoms with Crippen LogP contribution in [0.4, 0.5) is 5.69 Å². The topological polar surface area (TPSA) is 38.4 Å². The largest absolute Gasteiger partial charge is 0.436 e. The van der Waals surface area contributed by atoms with Gasteiger partial charge in [-0.2, -0.15) is 0 Å². The third-order valence-electron chi connectivity index (χ3n) is 4.22. The minimum Gasteiger partial charge on any atom is -0.436 e. The van der Waals surface area contributed by atoms with E-state index in [0.717, 1.165) is 27.9 Å². The summed E-state index contributed by atoms with van der Waals surface area (Å²) in [6.45, 7) is 2.05. The standard InChI is InChI=1S/C23H16Cl2N2O/c1-15-4-6-17(7-5-15)23-27-21-14-19(10-11-22(21)28-23)26-12-2-3-16-8-9-18(24)13-20(16)25/h2-14H,1H3/b3-2+,26-12?. The molecular weight excluding hydrogens is 391 g/mol. The van der Waals surface area contributed by atoms with E-state index < -0.39 is 0 Å². The van der Waals surface area contributed by atoms with Gasteiger partial charge < -0.3 is 4.42 Å². The van der Waals surface area contributed by atoms with Crippen molar-refractivity contribution in [3.63, 3.8) is 0 Å². The van der Waals surface area contributed by atoms with Crippen molar-refractivity contribution in [2.24, 2.45) is 4.99 Å². The monoisotopic (exact) mass is 406 g/mol. The van der Waals surface area contributed by atoms with E-state index in [1.54, 1.807) is 18.3 Å². The van der Waals surface area contributed by atoms with Gasteiger partial charge in [-0.05, 0) is 61.0 Å². The molecule has 28 heavy (non-hydrogen) atoms. The van der Waals surface area contributed by atoms with Crippen LogP contribution in [-0.2, 0) is 0 Å². The fourth-order valence-corrected chi connectivity index (χ4v) is 3.20. The van der Waals surface area contributed by atoms with Crippen molar-refractivity contribution in [3.05, 3.63) is 87.9 Å². The molecule has 0 amide bonds. The lowest BCUT2D eigenvalue weighted by atomic mass is 10.1. The highest BCUT2D eigenvalue weighted by molar-refractivity contribution is 6.35. The van der Waals surface area contributed by atoms with Crippen LogP contribution in [0, 0.1) is 6.92 Å². The van der Waals surface area contributed by atoms with Crippen LogP contribution in [0.1, 0.15) is 11.1 Å². The maximum Gasteiger partial charge on any atom is 0.227 e. The van der Waals surface area contributed by atoms with Crippen LogP contribution >= 0.6 is 23.2 Å². The zero-order valence-electron chi connectivity index (χ0n) is 15.1. The van der Waals surface area contributed by atoms with E-state index in [2.05, 4.69) is 16.9 Å². The molecule has 3 nitrogen and oxygen atoms in total. The van der Waals surface area contributed by atoms with Gasteiger partial charge in [0.1, 0.15) is 5.52 Å². The van der Waals surface area contributed by atoms with E-state index in [1.165, 1.54) is 5.56 Å². The highest BCUT2D eigenvalue weighted by Gasteiger charge is 2.08. The van der Waals surface area contributed by atoms with Crippen molar-refractivity contribution >= 4 is 52.3 Å². The summed E-state index contributed by atoms with van der Waals surface area (Å²) in [6.07, 6.45) is 5.43. The minimum absolute atomic E-state index is 0.602. The van der Waals surface area contributed by atoms with E-state index in [4.69, 9.17) is 27.6 Å². The number of oxazole rings is 1. The molecule has 1 heterocycles. The van der Waals surface area contributed by atoms with Crippen LogP contribution < -0.4 is 0 Å². The maximum atomic E-state index is 6.15. The highest BCUT2D eigenvalue weighted by atomic mass is 35.5. The second-order valence-corrected chi connectivity index (χ2v) is 7.18. The van der Waals surface area contributed by atoms with Crippen molar-refractivity contribution < 1.29 is 4.42 Å². The molecule has 3 aromatic carbocycles. The maximum absolute atomic E-state index is 6.15. The molecule has 0 radical (unpaired) electrons. The number of benzene rings is 3. The molecule has 0 fully saturated rings. The van der Waals surface area contributed by atoms with Gasteiger partial charge in [0.25, 0.3) is 0 Å². The van der Waals surface area contributed by atoms with Crippen LogP contribution in [0.2, 0.25) is 10.0 Å². The molecule has 0 saturated carbocycles. The van der Waals surface area contributed by atoms with Gasteiger partial charge in [-0.3, -0.25) is 4.99 Å². The molecule has 0 unspecified atom stereocenters. The molecule has 1 aromatic heterocycles. The lowest BCUT2D eigenvalue weighted by molar-refractivity contribution is 0.620. The van der Waals surface area contributed by atoms with Crippen LogP contribution in [0.15, 0.2) is 76.1 Å². The molecule has 0 aliphatic rings. The summed E-state index contributed by atoms with van der Waals surface area (Å²) in [5, 5.41) is 1.21. The van der Waals surface area contributed by atoms with Gasteiger partial charge in [0.2, 0.25) is 5.89 Å². The molecule has 0 saturated heterocycles. The second kappa shape index (κ2) is 8.01. The Labute approximate surface area is 173 Å². The first-order valence-corrected chi connectivity index (χ1v) is 9.47. The Morgan fingerprint density at radius 3 is 2.57 bits per heavy atom. The number of aromatic nitrogens is 1. The number of rotatable bonds is 4. The molecule has 5 heteroatoms. The number of aryl methyl sites for hydroxylation is 1. The molecule has 0 aliphatic carbocycles. The molecule has 0 bridgehead atoms. The third kappa shape index (κ3) is 4.16. The molecule has 0 spiro atoms. The van der Waals surface area contributed by atoms with E-state index >= 15 is 0 Å². The van der Waals surface area contributed by atoms with Crippen LogP contribution in [0.5, 0.6) is 0 Å². The van der Waals surface area contributed by atoms with Crippen molar-refractivity contribution in [1.29, 1.82) is 0 Å². The molecular formula is C23H16Cl2N2O. The Morgan fingerprint density at radius 1 is 0.964 bits per heavy atom. The minimum atomic E-state index is 0.602. The van der Waals surface area contributed by atoms with Gasteiger partial charge in [-0.25, -0.2) is 4.98 Å². The number of nitrogens with zero attached hydrogens (tertiary/aromatic N) is 2. The number of halogens is 2. The van der Waals surface area contributed by atoms with Crippen molar-refractivity contribution in [2.75, 3.05) is 0 Å². The van der Waals surface area contributed by atoms with Gasteiger partial charge >= 0.3 is 0 Å². The smallest absolute Gasteiger partial charge is 0.227 e. The molecule has 0 aliphatic heterocycles. The number of hydrogen-bond acceptors (Lipinski definition) is 3. The number of allylic oxidation sites excluding steroid dienone is 1. The van der Waals surface area contributed by atoms with Crippen molar-refractivity contribution in [2.45, 2.75) is 6.92 Å². The van der Waals surface area contributed by atoms with Crippen molar-refractivity contribution in [1.82, 2.24) is 4.98 Å². The summed E-state index contributed by atoms with van der Waals surface area (Å²) in [4.78, 5) is 9.03. The number of fused-ring (bicyclic) bond motifs is 1. The van der Waals surface area contributed by atoms with E-state index in [1.807, 2.05) is 60.7 Å². The Balaban J connectivity index is 1.53. The Morgan fingerprint density at radius 2 is 1.79 bits per heavy atom. The van der Waals surface area contributed by atoms with Gasteiger partial charge in [0.05, 0.1) is 5.69 Å². The summed E-state index contributed by atoms with van der Waals surface area (Å²) in [5.41, 5.74) is 5.34. The first kappa shape index (κ1) is 18.5. The summed E-state index contributed by atoms with van der Waals surface area (Å²) in [5.74, 6) is 0.605. The normalized spacial score (nSPS) is 11.8. The highest BCUT2D eigenvalue weighted by Crippen LogP contribution is 2.27. The predicted molar refractivity (Wildman–Crippen MR) is 118 cm³/mol. The first-order valence-electron chi connectivity index (χ1n) is 8.72. The first-order chi connectivity index (χ1) is 13.6. The molecule has 0 N–H and O–H groups in total. The predicted octanol–water partition coefficient (Wildman–Crippen LogP) is 7.53. The van der Waals surface area contributed by atoms with Crippen molar-refractivity contribution in [3.8, 4) is 11.5 Å². The average molecular weight is 407 g/mol. The molecule has 4 aromatic rings. The second-order valence-electron chi connectivity index (χ2n) is 6.34. The summed E-state index contributed by atoms with van der Waals surface area (Å²) in [7, 11) is 0. The summed E-state index contributed by atoms with van der Waals surface area (Å²) >= 11 is 12.1. The van der Waals surface area contributed by atoms with Gasteiger partial charge in [-0.15, -0.1) is 0 Å². The molecule has 4 rings (SSSR count). The zero-order valence-corrected chi connectivity index (χ0v) is 16.6.